The molecule has 3 aliphatic carbocycles. The number of carboxylic acid groups (broad SMARTS) is 1. The number of hydrogen-bond acceptors (Lipinski definition) is 5. The van der Waals surface area contributed by atoms with Crippen molar-refractivity contribution in [1.29, 1.82) is 0 Å². The van der Waals surface area contributed by atoms with E-state index in [0.29, 0.717) is 25.3 Å². The van der Waals surface area contributed by atoms with Crippen molar-refractivity contribution in [1.82, 2.24) is 10.2 Å². The van der Waals surface area contributed by atoms with E-state index in [4.69, 9.17) is 9.47 Å². The largest absolute Gasteiger partial charge is 0.481 e. The van der Waals surface area contributed by atoms with Crippen molar-refractivity contribution in [3.05, 3.63) is 59.7 Å². The summed E-state index contributed by atoms with van der Waals surface area (Å²) < 4.78 is 11.4. The minimum atomic E-state index is -0.805. The van der Waals surface area contributed by atoms with Gasteiger partial charge in [0.05, 0.1) is 5.92 Å². The fraction of sp³-hybridized carbons (Fsp3) is 0.531. The molecule has 2 fully saturated rings. The molecule has 0 bridgehead atoms. The summed E-state index contributed by atoms with van der Waals surface area (Å²) in [5, 5.41) is 12.3. The first-order chi connectivity index (χ1) is 19.1. The van der Waals surface area contributed by atoms with E-state index < -0.39 is 23.6 Å². The molecule has 0 atom stereocenters. The van der Waals surface area contributed by atoms with Crippen LogP contribution in [-0.4, -0.2) is 59.0 Å². The van der Waals surface area contributed by atoms with E-state index in [2.05, 4.69) is 29.6 Å². The van der Waals surface area contributed by atoms with Gasteiger partial charge in [0, 0.05) is 24.5 Å². The van der Waals surface area contributed by atoms with Gasteiger partial charge in [0.1, 0.15) is 12.2 Å². The van der Waals surface area contributed by atoms with Gasteiger partial charge in [-0.25, -0.2) is 9.59 Å². The van der Waals surface area contributed by atoms with E-state index >= 15 is 0 Å². The van der Waals surface area contributed by atoms with E-state index in [9.17, 15) is 19.5 Å². The maximum atomic E-state index is 13.6. The number of fused-ring (bicyclic) bond motifs is 3. The highest BCUT2D eigenvalue weighted by atomic mass is 16.6. The van der Waals surface area contributed by atoms with Crippen LogP contribution in [0.15, 0.2) is 48.5 Å². The Labute approximate surface area is 236 Å². The second-order valence-electron chi connectivity index (χ2n) is 12.4. The molecule has 2 aromatic carbocycles. The normalized spacial score (nSPS) is 23.8. The van der Waals surface area contributed by atoms with Gasteiger partial charge >= 0.3 is 18.2 Å². The number of hydrogen-bond donors (Lipinski definition) is 2. The fourth-order valence-electron chi connectivity index (χ4n) is 6.45. The van der Waals surface area contributed by atoms with Gasteiger partial charge in [0.25, 0.3) is 0 Å². The third kappa shape index (κ3) is 6.11. The summed E-state index contributed by atoms with van der Waals surface area (Å²) in [6, 6.07) is 16.4. The van der Waals surface area contributed by atoms with Gasteiger partial charge in [-0.05, 0) is 87.5 Å². The van der Waals surface area contributed by atoms with E-state index in [0.717, 1.165) is 36.8 Å². The summed E-state index contributed by atoms with van der Waals surface area (Å²) in [5.41, 5.74) is 4.14. The minimum Gasteiger partial charge on any atom is -0.481 e. The molecular formula is C32H40N2O6. The van der Waals surface area contributed by atoms with Crippen LogP contribution in [0.2, 0.25) is 0 Å². The summed E-state index contributed by atoms with van der Waals surface area (Å²) >= 11 is 0. The third-order valence-corrected chi connectivity index (χ3v) is 8.55. The number of amides is 2. The molecule has 40 heavy (non-hydrogen) atoms. The van der Waals surface area contributed by atoms with Gasteiger partial charge in [0.2, 0.25) is 0 Å². The second-order valence-corrected chi connectivity index (χ2v) is 12.4. The molecule has 2 saturated carbocycles. The lowest BCUT2D eigenvalue weighted by atomic mass is 9.77. The Hall–Kier alpha value is -3.55. The Bertz CT molecular complexity index is 1190. The zero-order valence-corrected chi connectivity index (χ0v) is 23.6. The summed E-state index contributed by atoms with van der Waals surface area (Å²) in [4.78, 5) is 39.1. The Kier molecular flexibility index (Phi) is 8.06. The molecule has 214 valence electrons. The zero-order chi connectivity index (χ0) is 28.4. The number of carbonyl (C=O) groups excluding carboxylic acids is 2. The van der Waals surface area contributed by atoms with Crippen LogP contribution in [0.5, 0.6) is 0 Å². The molecule has 0 unspecified atom stereocenters. The van der Waals surface area contributed by atoms with Gasteiger partial charge < -0.3 is 24.8 Å². The van der Waals surface area contributed by atoms with Crippen molar-refractivity contribution >= 4 is 18.2 Å². The molecule has 3 aliphatic rings. The molecule has 2 amide bonds. The highest BCUT2D eigenvalue weighted by Crippen LogP contribution is 2.45. The second kappa shape index (κ2) is 11.5. The highest BCUT2D eigenvalue weighted by molar-refractivity contribution is 5.79. The smallest absolute Gasteiger partial charge is 0.410 e. The Morgan fingerprint density at radius 3 is 2.02 bits per heavy atom. The number of nitrogens with zero attached hydrogens (tertiary/aromatic N) is 1. The SMILES string of the molecule is CC(C)(C)OC(=O)NCC1CCC(N(C(=O)OCC2c3ccccc3-c3ccccc32)C2CC(C(=O)O)C2)CC1. The van der Waals surface area contributed by atoms with E-state index in [1.165, 1.54) is 11.1 Å². The molecule has 8 nitrogen and oxygen atoms in total. The molecule has 0 saturated heterocycles. The van der Waals surface area contributed by atoms with Gasteiger partial charge in [0.15, 0.2) is 0 Å². The van der Waals surface area contributed by atoms with Crippen molar-refractivity contribution in [3.63, 3.8) is 0 Å². The van der Waals surface area contributed by atoms with Gasteiger partial charge in [-0.1, -0.05) is 48.5 Å². The average molecular weight is 549 g/mol. The van der Waals surface area contributed by atoms with Crippen LogP contribution >= 0.6 is 0 Å². The summed E-state index contributed by atoms with van der Waals surface area (Å²) in [5.74, 6) is -0.939. The van der Waals surface area contributed by atoms with Crippen LogP contribution in [0.25, 0.3) is 11.1 Å². The summed E-state index contributed by atoms with van der Waals surface area (Å²) in [6.45, 7) is 6.30. The maximum Gasteiger partial charge on any atom is 0.410 e. The van der Waals surface area contributed by atoms with E-state index in [-0.39, 0.29) is 30.7 Å². The quantitative estimate of drug-likeness (QED) is 0.428. The van der Waals surface area contributed by atoms with Gasteiger partial charge in [-0.15, -0.1) is 0 Å². The lowest BCUT2D eigenvalue weighted by molar-refractivity contribution is -0.147. The predicted octanol–water partition coefficient (Wildman–Crippen LogP) is 6.18. The predicted molar refractivity (Wildman–Crippen MR) is 151 cm³/mol. The Morgan fingerprint density at radius 2 is 1.48 bits per heavy atom. The molecule has 0 spiro atoms. The summed E-state index contributed by atoms with van der Waals surface area (Å²) in [7, 11) is 0. The first-order valence-electron chi connectivity index (χ1n) is 14.4. The Morgan fingerprint density at radius 1 is 0.900 bits per heavy atom. The monoisotopic (exact) mass is 548 g/mol. The van der Waals surface area contributed by atoms with E-state index in [1.54, 1.807) is 0 Å². The molecule has 2 aromatic rings. The number of nitrogens with one attached hydrogen (secondary N) is 1. The third-order valence-electron chi connectivity index (χ3n) is 8.55. The molecule has 0 aliphatic heterocycles. The van der Waals surface area contributed by atoms with Gasteiger partial charge in [-0.2, -0.15) is 0 Å². The van der Waals surface area contributed by atoms with Crippen LogP contribution in [0.3, 0.4) is 0 Å². The summed E-state index contributed by atoms with van der Waals surface area (Å²) in [6.07, 6.45) is 3.46. The van der Waals surface area contributed by atoms with E-state index in [1.807, 2.05) is 49.9 Å². The fourth-order valence-corrected chi connectivity index (χ4v) is 6.45. The molecule has 2 N–H and O–H groups in total. The molecule has 8 heteroatoms. The van der Waals surface area contributed by atoms with Crippen molar-refractivity contribution in [3.8, 4) is 11.1 Å². The van der Waals surface area contributed by atoms with Crippen molar-refractivity contribution in [2.24, 2.45) is 11.8 Å². The van der Waals surface area contributed by atoms with Crippen molar-refractivity contribution < 1.29 is 29.0 Å². The van der Waals surface area contributed by atoms with Crippen LogP contribution in [0, 0.1) is 11.8 Å². The maximum absolute atomic E-state index is 13.6. The van der Waals surface area contributed by atoms with Gasteiger partial charge in [-0.3, -0.25) is 4.79 Å². The number of ether oxygens (including phenoxy) is 2. The first-order valence-corrected chi connectivity index (χ1v) is 14.4. The Balaban J connectivity index is 1.22. The van der Waals surface area contributed by atoms with Crippen LogP contribution < -0.4 is 5.32 Å². The van der Waals surface area contributed by atoms with Crippen molar-refractivity contribution in [2.75, 3.05) is 13.2 Å². The van der Waals surface area contributed by atoms with Crippen LogP contribution in [-0.2, 0) is 14.3 Å². The number of carbonyl (C=O) groups is 3. The lowest BCUT2D eigenvalue weighted by Crippen LogP contribution is -2.55. The number of carboxylic acids is 1. The van der Waals surface area contributed by atoms with Crippen LogP contribution in [0.4, 0.5) is 9.59 Å². The standard InChI is InChI=1S/C32H40N2O6/c1-32(2,3)40-30(37)33-18-20-12-14-22(15-13-20)34(23-16-21(17-23)29(35)36)31(38)39-19-28-26-10-6-4-8-24(26)25-9-5-7-11-27(25)28/h4-11,20-23,28H,12-19H2,1-3H3,(H,33,37)(H,35,36). The topological polar surface area (TPSA) is 105 Å². The molecule has 0 heterocycles. The molecule has 0 aromatic heterocycles. The number of alkyl carbamates (subject to hydrolysis) is 1. The average Bonchev–Trinajstić information content (AvgIpc) is 3.21. The highest BCUT2D eigenvalue weighted by Gasteiger charge is 2.44. The molecule has 0 radical (unpaired) electrons. The lowest BCUT2D eigenvalue weighted by Gasteiger charge is -2.46. The molecule has 5 rings (SSSR count). The van der Waals surface area contributed by atoms with Crippen molar-refractivity contribution in [2.45, 2.75) is 82.9 Å². The minimum absolute atomic E-state index is 0.00632. The number of aliphatic carboxylic acids is 1. The van der Waals surface area contributed by atoms with Crippen LogP contribution in [0.1, 0.15) is 76.3 Å². The molecular weight excluding hydrogens is 508 g/mol. The zero-order valence-electron chi connectivity index (χ0n) is 23.6. The number of rotatable bonds is 7. The number of benzene rings is 2. The first kappa shape index (κ1) is 28.0.